The SMILES string of the molecule is O=C(NC1CCCN(c2ncccn2)C1)c1ncn[nH]1. The van der Waals surface area contributed by atoms with Crippen LogP contribution in [0.2, 0.25) is 0 Å². The third-order valence-electron chi connectivity index (χ3n) is 3.22. The first kappa shape index (κ1) is 12.5. The molecular formula is C12H15N7O. The fraction of sp³-hybridized carbons (Fsp3) is 0.417. The minimum atomic E-state index is -0.233. The number of aromatic amines is 1. The molecule has 8 nitrogen and oxygen atoms in total. The number of anilines is 1. The van der Waals surface area contributed by atoms with Gasteiger partial charge in [0, 0.05) is 31.5 Å². The Balaban J connectivity index is 1.62. The number of carbonyl (C=O) groups excluding carboxylic acids is 1. The summed E-state index contributed by atoms with van der Waals surface area (Å²) in [6.07, 6.45) is 6.68. The van der Waals surface area contributed by atoms with Gasteiger partial charge >= 0.3 is 0 Å². The van der Waals surface area contributed by atoms with Crippen LogP contribution in [0.4, 0.5) is 5.95 Å². The zero-order chi connectivity index (χ0) is 13.8. The summed E-state index contributed by atoms with van der Waals surface area (Å²) < 4.78 is 0. The van der Waals surface area contributed by atoms with Gasteiger partial charge in [-0.3, -0.25) is 9.89 Å². The molecule has 1 amide bonds. The summed E-state index contributed by atoms with van der Waals surface area (Å²) in [5.41, 5.74) is 0. The Bertz CT molecular complexity index is 556. The molecule has 0 saturated carbocycles. The Morgan fingerprint density at radius 2 is 2.20 bits per heavy atom. The largest absolute Gasteiger partial charge is 0.345 e. The van der Waals surface area contributed by atoms with Crippen LogP contribution in [0, 0.1) is 0 Å². The predicted molar refractivity (Wildman–Crippen MR) is 71.1 cm³/mol. The number of hydrogen-bond donors (Lipinski definition) is 2. The number of rotatable bonds is 3. The summed E-state index contributed by atoms with van der Waals surface area (Å²) >= 11 is 0. The second-order valence-corrected chi connectivity index (χ2v) is 4.64. The molecule has 1 atom stereocenters. The third kappa shape index (κ3) is 2.73. The average molecular weight is 273 g/mol. The lowest BCUT2D eigenvalue weighted by Crippen LogP contribution is -2.48. The smallest absolute Gasteiger partial charge is 0.288 e. The van der Waals surface area contributed by atoms with Crippen LogP contribution >= 0.6 is 0 Å². The molecule has 0 aromatic carbocycles. The summed E-state index contributed by atoms with van der Waals surface area (Å²) in [5, 5.41) is 9.18. The van der Waals surface area contributed by atoms with Crippen LogP contribution in [0.1, 0.15) is 23.5 Å². The van der Waals surface area contributed by atoms with Gasteiger partial charge in [-0.15, -0.1) is 0 Å². The molecule has 2 aromatic rings. The van der Waals surface area contributed by atoms with E-state index in [1.165, 1.54) is 6.33 Å². The van der Waals surface area contributed by atoms with Crippen LogP contribution in [0.25, 0.3) is 0 Å². The molecule has 1 aliphatic heterocycles. The topological polar surface area (TPSA) is 99.7 Å². The molecule has 0 radical (unpaired) electrons. The van der Waals surface area contributed by atoms with Gasteiger partial charge in [-0.1, -0.05) is 0 Å². The Labute approximate surface area is 115 Å². The quantitative estimate of drug-likeness (QED) is 0.816. The maximum Gasteiger partial charge on any atom is 0.288 e. The van der Waals surface area contributed by atoms with Crippen LogP contribution in [0.3, 0.4) is 0 Å². The summed E-state index contributed by atoms with van der Waals surface area (Å²) in [4.78, 5) is 26.3. The lowest BCUT2D eigenvalue weighted by Gasteiger charge is -2.32. The molecule has 0 bridgehead atoms. The van der Waals surface area contributed by atoms with E-state index in [1.807, 2.05) is 0 Å². The first-order chi connectivity index (χ1) is 9.83. The van der Waals surface area contributed by atoms with Crippen molar-refractivity contribution in [2.45, 2.75) is 18.9 Å². The molecule has 8 heteroatoms. The number of nitrogens with one attached hydrogen (secondary N) is 2. The van der Waals surface area contributed by atoms with E-state index < -0.39 is 0 Å². The normalized spacial score (nSPS) is 18.8. The van der Waals surface area contributed by atoms with Crippen molar-refractivity contribution in [3.8, 4) is 0 Å². The zero-order valence-electron chi connectivity index (χ0n) is 10.9. The number of amides is 1. The molecule has 1 unspecified atom stereocenters. The molecule has 3 heterocycles. The van der Waals surface area contributed by atoms with Gasteiger partial charge in [-0.05, 0) is 18.9 Å². The summed E-state index contributed by atoms with van der Waals surface area (Å²) in [6, 6.07) is 1.85. The van der Waals surface area contributed by atoms with E-state index in [0.29, 0.717) is 12.5 Å². The summed E-state index contributed by atoms with van der Waals surface area (Å²) in [6.45, 7) is 1.60. The van der Waals surface area contributed by atoms with E-state index in [-0.39, 0.29) is 17.8 Å². The van der Waals surface area contributed by atoms with Crippen molar-refractivity contribution in [3.05, 3.63) is 30.6 Å². The van der Waals surface area contributed by atoms with Gasteiger partial charge in [0.15, 0.2) is 0 Å². The van der Waals surface area contributed by atoms with Crippen molar-refractivity contribution in [1.82, 2.24) is 30.5 Å². The second-order valence-electron chi connectivity index (χ2n) is 4.64. The summed E-state index contributed by atoms with van der Waals surface area (Å²) in [7, 11) is 0. The van der Waals surface area contributed by atoms with Crippen LogP contribution in [-0.4, -0.2) is 50.2 Å². The molecule has 3 rings (SSSR count). The average Bonchev–Trinajstić information content (AvgIpc) is 3.03. The Morgan fingerprint density at radius 3 is 2.95 bits per heavy atom. The van der Waals surface area contributed by atoms with Gasteiger partial charge in [-0.25, -0.2) is 15.0 Å². The lowest BCUT2D eigenvalue weighted by molar-refractivity contribution is 0.0923. The molecular weight excluding hydrogens is 258 g/mol. The highest BCUT2D eigenvalue weighted by Gasteiger charge is 2.23. The Kier molecular flexibility index (Phi) is 3.53. The highest BCUT2D eigenvalue weighted by Crippen LogP contribution is 2.15. The highest BCUT2D eigenvalue weighted by molar-refractivity contribution is 5.90. The fourth-order valence-electron chi connectivity index (χ4n) is 2.30. The van der Waals surface area contributed by atoms with E-state index >= 15 is 0 Å². The number of piperidine rings is 1. The number of aromatic nitrogens is 5. The van der Waals surface area contributed by atoms with Gasteiger partial charge in [0.05, 0.1) is 0 Å². The first-order valence-electron chi connectivity index (χ1n) is 6.51. The first-order valence-corrected chi connectivity index (χ1v) is 6.51. The maximum absolute atomic E-state index is 11.9. The minimum absolute atomic E-state index is 0.0603. The van der Waals surface area contributed by atoms with Crippen LogP contribution in [-0.2, 0) is 0 Å². The minimum Gasteiger partial charge on any atom is -0.345 e. The van der Waals surface area contributed by atoms with Crippen LogP contribution < -0.4 is 10.2 Å². The van der Waals surface area contributed by atoms with Crippen molar-refractivity contribution in [2.75, 3.05) is 18.0 Å². The standard InChI is InChI=1S/C12H15N7O/c20-11(10-15-8-16-18-10)17-9-3-1-6-19(7-9)12-13-4-2-5-14-12/h2,4-5,8-9H,1,3,6-7H2,(H,17,20)(H,15,16,18). The molecule has 1 fully saturated rings. The fourth-order valence-corrected chi connectivity index (χ4v) is 2.30. The highest BCUT2D eigenvalue weighted by atomic mass is 16.2. The maximum atomic E-state index is 11.9. The number of carbonyl (C=O) groups is 1. The Morgan fingerprint density at radius 1 is 1.35 bits per heavy atom. The van der Waals surface area contributed by atoms with Crippen molar-refractivity contribution < 1.29 is 4.79 Å². The molecule has 1 saturated heterocycles. The molecule has 2 N–H and O–H groups in total. The van der Waals surface area contributed by atoms with Gasteiger partial charge in [0.2, 0.25) is 11.8 Å². The Hall–Kier alpha value is -2.51. The van der Waals surface area contributed by atoms with Crippen molar-refractivity contribution in [2.24, 2.45) is 0 Å². The molecule has 104 valence electrons. The molecule has 1 aliphatic rings. The number of nitrogens with zero attached hydrogens (tertiary/aromatic N) is 5. The lowest BCUT2D eigenvalue weighted by atomic mass is 10.1. The molecule has 0 aliphatic carbocycles. The zero-order valence-corrected chi connectivity index (χ0v) is 10.9. The second kappa shape index (κ2) is 5.64. The van der Waals surface area contributed by atoms with Crippen molar-refractivity contribution in [3.63, 3.8) is 0 Å². The number of hydrogen-bond acceptors (Lipinski definition) is 6. The molecule has 2 aromatic heterocycles. The van der Waals surface area contributed by atoms with Gasteiger partial charge < -0.3 is 10.2 Å². The van der Waals surface area contributed by atoms with E-state index in [1.54, 1.807) is 18.5 Å². The summed E-state index contributed by atoms with van der Waals surface area (Å²) in [5.74, 6) is 0.701. The number of H-pyrrole nitrogens is 1. The molecule has 0 spiro atoms. The predicted octanol–water partition coefficient (Wildman–Crippen LogP) is -0.00650. The monoisotopic (exact) mass is 273 g/mol. The van der Waals surface area contributed by atoms with E-state index in [9.17, 15) is 4.79 Å². The van der Waals surface area contributed by atoms with Crippen LogP contribution in [0.15, 0.2) is 24.8 Å². The van der Waals surface area contributed by atoms with Crippen LogP contribution in [0.5, 0.6) is 0 Å². The van der Waals surface area contributed by atoms with E-state index in [2.05, 4.69) is 35.4 Å². The van der Waals surface area contributed by atoms with Gasteiger partial charge in [0.1, 0.15) is 6.33 Å². The van der Waals surface area contributed by atoms with Gasteiger partial charge in [0.25, 0.3) is 5.91 Å². The third-order valence-corrected chi connectivity index (χ3v) is 3.22. The van der Waals surface area contributed by atoms with Crippen molar-refractivity contribution in [1.29, 1.82) is 0 Å². The van der Waals surface area contributed by atoms with Gasteiger partial charge in [-0.2, -0.15) is 5.10 Å². The van der Waals surface area contributed by atoms with Crippen molar-refractivity contribution >= 4 is 11.9 Å². The van der Waals surface area contributed by atoms with E-state index in [4.69, 9.17) is 0 Å². The molecule has 20 heavy (non-hydrogen) atoms. The van der Waals surface area contributed by atoms with E-state index in [0.717, 1.165) is 19.4 Å².